The average molecular weight is 260 g/mol. The number of nitriles is 1. The van der Waals surface area contributed by atoms with Crippen molar-refractivity contribution in [3.63, 3.8) is 0 Å². The highest BCUT2D eigenvalue weighted by Gasteiger charge is 2.51. The second kappa shape index (κ2) is 4.63. The molecule has 0 heterocycles. The van der Waals surface area contributed by atoms with E-state index in [1.165, 1.54) is 38.5 Å². The van der Waals surface area contributed by atoms with Gasteiger partial charge in [-0.05, 0) is 61.7 Å². The van der Waals surface area contributed by atoms with Crippen molar-refractivity contribution in [2.45, 2.75) is 51.4 Å². The first kappa shape index (κ1) is 12.7. The molecule has 0 aliphatic heterocycles. The van der Waals surface area contributed by atoms with Crippen LogP contribution in [0.4, 0.5) is 0 Å². The van der Waals surface area contributed by atoms with Gasteiger partial charge in [0.1, 0.15) is 6.42 Å². The van der Waals surface area contributed by atoms with Crippen LogP contribution in [0.3, 0.4) is 0 Å². The van der Waals surface area contributed by atoms with Gasteiger partial charge >= 0.3 is 0 Å². The summed E-state index contributed by atoms with van der Waals surface area (Å²) in [5.41, 5.74) is 0.158. The lowest BCUT2D eigenvalue weighted by Gasteiger charge is -2.56. The van der Waals surface area contributed by atoms with Crippen molar-refractivity contribution in [3.05, 3.63) is 0 Å². The molecule has 0 saturated heterocycles. The minimum absolute atomic E-state index is 0.158. The number of hydrogen-bond acceptors (Lipinski definition) is 3. The third-order valence-corrected chi connectivity index (χ3v) is 5.22. The molecule has 0 spiro atoms. The Balaban J connectivity index is 1.62. The Morgan fingerprint density at radius 1 is 1.05 bits per heavy atom. The molecule has 1 N–H and O–H groups in total. The van der Waals surface area contributed by atoms with Gasteiger partial charge in [-0.1, -0.05) is 0 Å². The summed E-state index contributed by atoms with van der Waals surface area (Å²) in [6.45, 7) is 0. The van der Waals surface area contributed by atoms with E-state index >= 15 is 0 Å². The minimum Gasteiger partial charge on any atom is -0.296 e. The van der Waals surface area contributed by atoms with Crippen LogP contribution in [-0.4, -0.2) is 11.8 Å². The molecule has 4 aliphatic carbocycles. The monoisotopic (exact) mass is 260 g/mol. The van der Waals surface area contributed by atoms with E-state index in [0.29, 0.717) is 6.42 Å². The quantitative estimate of drug-likeness (QED) is 0.845. The average Bonchev–Trinajstić information content (AvgIpc) is 2.25. The van der Waals surface area contributed by atoms with Gasteiger partial charge in [-0.2, -0.15) is 5.26 Å². The predicted molar refractivity (Wildman–Crippen MR) is 68.6 cm³/mol. The first-order chi connectivity index (χ1) is 9.08. The van der Waals surface area contributed by atoms with Crippen LogP contribution in [0.2, 0.25) is 0 Å². The molecular formula is C15H20N2O2. The Kier molecular flexibility index (Phi) is 3.08. The largest absolute Gasteiger partial charge is 0.296 e. The lowest BCUT2D eigenvalue weighted by molar-refractivity contribution is -0.135. The van der Waals surface area contributed by atoms with Crippen molar-refractivity contribution in [2.75, 3.05) is 0 Å². The van der Waals surface area contributed by atoms with Crippen LogP contribution < -0.4 is 5.32 Å². The topological polar surface area (TPSA) is 70.0 Å². The van der Waals surface area contributed by atoms with Crippen LogP contribution in [0.15, 0.2) is 0 Å². The molecule has 0 atom stereocenters. The zero-order valence-corrected chi connectivity index (χ0v) is 11.2. The third-order valence-electron chi connectivity index (χ3n) is 5.22. The Bertz CT molecular complexity index is 414. The first-order valence-corrected chi connectivity index (χ1v) is 7.28. The number of carbonyl (C=O) groups excluding carboxylic acids is 2. The smallest absolute Gasteiger partial charge is 0.240 e. The molecule has 4 fully saturated rings. The van der Waals surface area contributed by atoms with Crippen LogP contribution in [0.5, 0.6) is 0 Å². The van der Waals surface area contributed by atoms with Gasteiger partial charge in [0.25, 0.3) is 0 Å². The van der Waals surface area contributed by atoms with E-state index < -0.39 is 5.91 Å². The zero-order valence-electron chi connectivity index (χ0n) is 11.2. The predicted octanol–water partition coefficient (Wildman–Crippen LogP) is 2.15. The molecule has 4 rings (SSSR count). The molecule has 102 valence electrons. The van der Waals surface area contributed by atoms with Crippen LogP contribution >= 0.6 is 0 Å². The molecule has 0 unspecified atom stereocenters. The molecule has 0 aromatic heterocycles. The van der Waals surface area contributed by atoms with E-state index in [-0.39, 0.29) is 17.7 Å². The summed E-state index contributed by atoms with van der Waals surface area (Å²) in [7, 11) is 0. The van der Waals surface area contributed by atoms with Crippen molar-refractivity contribution in [3.8, 4) is 6.07 Å². The summed E-state index contributed by atoms with van der Waals surface area (Å²) in [4.78, 5) is 23.3. The number of imide groups is 1. The summed E-state index contributed by atoms with van der Waals surface area (Å²) in [5.74, 6) is 1.80. The van der Waals surface area contributed by atoms with Crippen molar-refractivity contribution >= 4 is 11.8 Å². The van der Waals surface area contributed by atoms with Crippen LogP contribution in [0.1, 0.15) is 51.4 Å². The van der Waals surface area contributed by atoms with E-state index in [1.807, 2.05) is 0 Å². The fourth-order valence-electron chi connectivity index (χ4n) is 5.16. The standard InChI is InChI=1S/C15H20N2O2/c16-2-1-13(18)17-14(19)9-15-6-10-3-11(7-15)5-12(4-10)8-15/h10-12H,1,3-9H2,(H,17,18,19). The molecule has 4 nitrogen and oxygen atoms in total. The lowest BCUT2D eigenvalue weighted by Crippen LogP contribution is -2.48. The number of rotatable bonds is 3. The van der Waals surface area contributed by atoms with Crippen molar-refractivity contribution in [1.29, 1.82) is 5.26 Å². The lowest BCUT2D eigenvalue weighted by atomic mass is 9.49. The van der Waals surface area contributed by atoms with Crippen molar-refractivity contribution < 1.29 is 9.59 Å². The van der Waals surface area contributed by atoms with Crippen LogP contribution in [0, 0.1) is 34.5 Å². The van der Waals surface area contributed by atoms with E-state index in [4.69, 9.17) is 5.26 Å². The molecule has 0 aromatic carbocycles. The molecule has 4 heteroatoms. The Labute approximate surface area is 113 Å². The van der Waals surface area contributed by atoms with Gasteiger partial charge in [0, 0.05) is 6.42 Å². The van der Waals surface area contributed by atoms with Gasteiger partial charge in [-0.15, -0.1) is 0 Å². The second-order valence-corrected chi connectivity index (χ2v) is 6.90. The number of nitrogens with one attached hydrogen (secondary N) is 1. The number of amides is 2. The summed E-state index contributed by atoms with van der Waals surface area (Å²) in [6.07, 6.45) is 7.81. The fourth-order valence-corrected chi connectivity index (χ4v) is 5.16. The minimum atomic E-state index is -0.461. The van der Waals surface area contributed by atoms with Gasteiger partial charge in [-0.25, -0.2) is 0 Å². The Hall–Kier alpha value is -1.37. The van der Waals surface area contributed by atoms with E-state index in [0.717, 1.165) is 17.8 Å². The maximum atomic E-state index is 12.0. The summed E-state index contributed by atoms with van der Waals surface area (Å²) >= 11 is 0. The molecule has 2 amide bonds. The van der Waals surface area contributed by atoms with Gasteiger partial charge in [-0.3, -0.25) is 14.9 Å². The molecule has 4 bridgehead atoms. The molecule has 4 aliphatic rings. The highest BCUT2D eigenvalue weighted by molar-refractivity contribution is 5.96. The second-order valence-electron chi connectivity index (χ2n) is 6.90. The third kappa shape index (κ3) is 2.51. The Morgan fingerprint density at radius 2 is 1.58 bits per heavy atom. The molecule has 0 radical (unpaired) electrons. The summed E-state index contributed by atoms with van der Waals surface area (Å²) < 4.78 is 0. The highest BCUT2D eigenvalue weighted by Crippen LogP contribution is 2.61. The maximum Gasteiger partial charge on any atom is 0.240 e. The normalized spacial score (nSPS) is 38.8. The summed E-state index contributed by atoms with van der Waals surface area (Å²) in [5, 5.41) is 10.8. The van der Waals surface area contributed by atoms with Crippen LogP contribution in [0.25, 0.3) is 0 Å². The number of carbonyl (C=O) groups is 2. The highest BCUT2D eigenvalue weighted by atomic mass is 16.2. The van der Waals surface area contributed by atoms with Gasteiger partial charge in [0.15, 0.2) is 0 Å². The fraction of sp³-hybridized carbons (Fsp3) is 0.800. The van der Waals surface area contributed by atoms with Crippen molar-refractivity contribution in [1.82, 2.24) is 5.32 Å². The summed E-state index contributed by atoms with van der Waals surface area (Å²) in [6, 6.07) is 1.77. The molecule has 0 aromatic rings. The molecule has 19 heavy (non-hydrogen) atoms. The van der Waals surface area contributed by atoms with Gasteiger partial charge in [0.05, 0.1) is 6.07 Å². The molecular weight excluding hydrogens is 240 g/mol. The maximum absolute atomic E-state index is 12.0. The first-order valence-electron chi connectivity index (χ1n) is 7.28. The van der Waals surface area contributed by atoms with E-state index in [1.54, 1.807) is 6.07 Å². The Morgan fingerprint density at radius 3 is 2.05 bits per heavy atom. The van der Waals surface area contributed by atoms with E-state index in [2.05, 4.69) is 5.32 Å². The van der Waals surface area contributed by atoms with Gasteiger partial charge in [0.2, 0.25) is 11.8 Å². The zero-order chi connectivity index (χ0) is 13.5. The van der Waals surface area contributed by atoms with E-state index in [9.17, 15) is 9.59 Å². The molecule has 4 saturated carbocycles. The SMILES string of the molecule is N#CCC(=O)NC(=O)CC12CC3CC(CC(C3)C1)C2. The van der Waals surface area contributed by atoms with Gasteiger partial charge < -0.3 is 0 Å². The number of hydrogen-bond donors (Lipinski definition) is 1. The van der Waals surface area contributed by atoms with Crippen molar-refractivity contribution in [2.24, 2.45) is 23.2 Å². The number of nitrogens with zero attached hydrogens (tertiary/aromatic N) is 1. The van der Waals surface area contributed by atoms with Crippen LogP contribution in [-0.2, 0) is 9.59 Å².